The highest BCUT2D eigenvalue weighted by Crippen LogP contribution is 2.46. The number of carbonyl (C=O) groups excluding carboxylic acids is 1. The van der Waals surface area contributed by atoms with Crippen LogP contribution in [0.25, 0.3) is 0 Å². The summed E-state index contributed by atoms with van der Waals surface area (Å²) in [4.78, 5) is 14.5. The standard InChI is InChI=1S/C29H30ClNO4/c1-29(16-17-29)15-14-28(32)35-25-12-13-26(30)27(18-25)31(19-21-4-8-23(33-2)9-5-21)20-22-6-10-24(34-3)11-7-22/h4-15,18H,16-17,19-20H2,1-3H3. The number of nitrogens with zero attached hydrogens (tertiary/aromatic N) is 1. The van der Waals surface area contributed by atoms with Crippen LogP contribution in [0.3, 0.4) is 0 Å². The van der Waals surface area contributed by atoms with Crippen molar-refractivity contribution in [3.05, 3.63) is 95.0 Å². The zero-order valence-electron chi connectivity index (χ0n) is 20.3. The Morgan fingerprint density at radius 1 is 0.886 bits per heavy atom. The average molecular weight is 492 g/mol. The van der Waals surface area contributed by atoms with Crippen molar-refractivity contribution >= 4 is 23.3 Å². The molecule has 182 valence electrons. The maximum absolute atomic E-state index is 12.4. The van der Waals surface area contributed by atoms with Crippen LogP contribution < -0.4 is 19.1 Å². The van der Waals surface area contributed by atoms with Gasteiger partial charge in [0.2, 0.25) is 0 Å². The smallest absolute Gasteiger partial charge is 0.335 e. The number of hydrogen-bond donors (Lipinski definition) is 0. The summed E-state index contributed by atoms with van der Waals surface area (Å²) in [6.07, 6.45) is 5.67. The van der Waals surface area contributed by atoms with Crippen LogP contribution in [0.4, 0.5) is 5.69 Å². The van der Waals surface area contributed by atoms with Crippen LogP contribution in [0.15, 0.2) is 78.9 Å². The number of anilines is 1. The first-order valence-electron chi connectivity index (χ1n) is 11.6. The molecule has 6 heteroatoms. The number of benzene rings is 3. The molecule has 0 spiro atoms. The van der Waals surface area contributed by atoms with Gasteiger partial charge in [0, 0.05) is 25.2 Å². The van der Waals surface area contributed by atoms with Crippen LogP contribution in [-0.2, 0) is 17.9 Å². The number of hydrogen-bond acceptors (Lipinski definition) is 5. The Morgan fingerprint density at radius 2 is 1.40 bits per heavy atom. The van der Waals surface area contributed by atoms with Gasteiger partial charge >= 0.3 is 5.97 Å². The molecule has 0 bridgehead atoms. The summed E-state index contributed by atoms with van der Waals surface area (Å²) < 4.78 is 16.2. The lowest BCUT2D eigenvalue weighted by atomic mass is 10.1. The van der Waals surface area contributed by atoms with Crippen LogP contribution in [0.5, 0.6) is 17.2 Å². The van der Waals surface area contributed by atoms with E-state index in [1.165, 1.54) is 6.08 Å². The average Bonchev–Trinajstić information content (AvgIpc) is 3.62. The Kier molecular flexibility index (Phi) is 7.67. The maximum Gasteiger partial charge on any atom is 0.335 e. The lowest BCUT2D eigenvalue weighted by Crippen LogP contribution is -2.22. The summed E-state index contributed by atoms with van der Waals surface area (Å²) >= 11 is 6.65. The van der Waals surface area contributed by atoms with Gasteiger partial charge in [0.15, 0.2) is 0 Å². The van der Waals surface area contributed by atoms with Crippen molar-refractivity contribution in [3.8, 4) is 17.2 Å². The van der Waals surface area contributed by atoms with Gasteiger partial charge in [0.05, 0.1) is 24.9 Å². The SMILES string of the molecule is COc1ccc(CN(Cc2ccc(OC)cc2)c2cc(OC(=O)C=CC3(C)CC3)ccc2Cl)cc1. The zero-order valence-corrected chi connectivity index (χ0v) is 21.0. The lowest BCUT2D eigenvalue weighted by Gasteiger charge is -2.27. The molecule has 3 aromatic carbocycles. The molecule has 35 heavy (non-hydrogen) atoms. The second-order valence-corrected chi connectivity index (χ2v) is 9.48. The number of carbonyl (C=O) groups is 1. The van der Waals surface area contributed by atoms with E-state index in [4.69, 9.17) is 25.8 Å². The van der Waals surface area contributed by atoms with Crippen LogP contribution in [0.1, 0.15) is 30.9 Å². The highest BCUT2D eigenvalue weighted by Gasteiger charge is 2.34. The normalized spacial score (nSPS) is 13.9. The summed E-state index contributed by atoms with van der Waals surface area (Å²) in [5.41, 5.74) is 3.11. The molecule has 4 rings (SSSR count). The third-order valence-electron chi connectivity index (χ3n) is 6.20. The van der Waals surface area contributed by atoms with Gasteiger partial charge < -0.3 is 19.1 Å². The van der Waals surface area contributed by atoms with E-state index in [1.54, 1.807) is 26.4 Å². The Hall–Kier alpha value is -3.44. The van der Waals surface area contributed by atoms with Gasteiger partial charge in [-0.15, -0.1) is 0 Å². The van der Waals surface area contributed by atoms with Crippen LogP contribution in [0, 0.1) is 5.41 Å². The predicted molar refractivity (Wildman–Crippen MR) is 139 cm³/mol. The molecule has 0 amide bonds. The number of allylic oxidation sites excluding steroid dienone is 1. The first kappa shape index (κ1) is 24.7. The molecule has 3 aromatic rings. The maximum atomic E-state index is 12.4. The first-order chi connectivity index (χ1) is 16.9. The largest absolute Gasteiger partial charge is 0.497 e. The van der Waals surface area contributed by atoms with Crippen molar-refractivity contribution in [2.45, 2.75) is 32.9 Å². The predicted octanol–water partition coefficient (Wildman–Crippen LogP) is 6.83. The van der Waals surface area contributed by atoms with E-state index < -0.39 is 0 Å². The van der Waals surface area contributed by atoms with Gasteiger partial charge in [0.1, 0.15) is 17.2 Å². The van der Waals surface area contributed by atoms with Crippen molar-refractivity contribution in [1.82, 2.24) is 0 Å². The van der Waals surface area contributed by atoms with Crippen LogP contribution in [0.2, 0.25) is 5.02 Å². The van der Waals surface area contributed by atoms with E-state index in [0.29, 0.717) is 23.9 Å². The highest BCUT2D eigenvalue weighted by atomic mass is 35.5. The molecule has 0 atom stereocenters. The molecule has 0 saturated heterocycles. The molecule has 1 fully saturated rings. The van der Waals surface area contributed by atoms with Crippen molar-refractivity contribution in [2.75, 3.05) is 19.1 Å². The second-order valence-electron chi connectivity index (χ2n) is 9.07. The Labute approximate surface area is 211 Å². The Bertz CT molecular complexity index is 1130. The molecular weight excluding hydrogens is 462 g/mol. The molecule has 0 radical (unpaired) electrons. The van der Waals surface area contributed by atoms with E-state index in [1.807, 2.05) is 60.7 Å². The van der Waals surface area contributed by atoms with E-state index in [0.717, 1.165) is 41.2 Å². The molecular formula is C29H30ClNO4. The minimum atomic E-state index is -0.386. The van der Waals surface area contributed by atoms with Gasteiger partial charge in [-0.25, -0.2) is 4.79 Å². The summed E-state index contributed by atoms with van der Waals surface area (Å²) in [6.45, 7) is 3.34. The van der Waals surface area contributed by atoms with E-state index in [-0.39, 0.29) is 11.4 Å². The van der Waals surface area contributed by atoms with Gasteiger partial charge in [-0.3, -0.25) is 0 Å². The first-order valence-corrected chi connectivity index (χ1v) is 12.0. The highest BCUT2D eigenvalue weighted by molar-refractivity contribution is 6.33. The molecule has 1 aliphatic rings. The molecule has 0 unspecified atom stereocenters. The molecule has 0 aromatic heterocycles. The summed E-state index contributed by atoms with van der Waals surface area (Å²) in [5.74, 6) is 1.67. The van der Waals surface area contributed by atoms with E-state index >= 15 is 0 Å². The van der Waals surface area contributed by atoms with Gasteiger partial charge in [-0.1, -0.05) is 48.9 Å². The van der Waals surface area contributed by atoms with Crippen molar-refractivity contribution in [2.24, 2.45) is 5.41 Å². The van der Waals surface area contributed by atoms with Crippen LogP contribution in [-0.4, -0.2) is 20.2 Å². The molecule has 1 saturated carbocycles. The van der Waals surface area contributed by atoms with E-state index in [9.17, 15) is 4.79 Å². The summed E-state index contributed by atoms with van der Waals surface area (Å²) in [7, 11) is 3.30. The summed E-state index contributed by atoms with van der Waals surface area (Å²) in [6, 6.07) is 21.2. The molecule has 5 nitrogen and oxygen atoms in total. The molecule has 0 heterocycles. The Morgan fingerprint density at radius 3 is 1.89 bits per heavy atom. The molecule has 1 aliphatic carbocycles. The minimum absolute atomic E-state index is 0.137. The fourth-order valence-corrected chi connectivity index (χ4v) is 3.95. The molecule has 0 N–H and O–H groups in total. The minimum Gasteiger partial charge on any atom is -0.497 e. The number of methoxy groups -OCH3 is 2. The number of ether oxygens (including phenoxy) is 3. The zero-order chi connectivity index (χ0) is 24.8. The number of rotatable bonds is 10. The quantitative estimate of drug-likeness (QED) is 0.177. The van der Waals surface area contributed by atoms with Crippen molar-refractivity contribution in [3.63, 3.8) is 0 Å². The monoisotopic (exact) mass is 491 g/mol. The third kappa shape index (κ3) is 6.80. The van der Waals surface area contributed by atoms with E-state index in [2.05, 4.69) is 11.8 Å². The van der Waals surface area contributed by atoms with Crippen molar-refractivity contribution in [1.29, 1.82) is 0 Å². The summed E-state index contributed by atoms with van der Waals surface area (Å²) in [5, 5.41) is 0.577. The fourth-order valence-electron chi connectivity index (χ4n) is 3.71. The van der Waals surface area contributed by atoms with Gasteiger partial charge in [0.25, 0.3) is 0 Å². The number of esters is 1. The second kappa shape index (κ2) is 10.9. The van der Waals surface area contributed by atoms with Gasteiger partial charge in [-0.2, -0.15) is 0 Å². The Balaban J connectivity index is 1.59. The fraction of sp³-hybridized carbons (Fsp3) is 0.276. The van der Waals surface area contributed by atoms with Crippen molar-refractivity contribution < 1.29 is 19.0 Å². The molecule has 0 aliphatic heterocycles. The lowest BCUT2D eigenvalue weighted by molar-refractivity contribution is -0.129. The number of halogens is 1. The van der Waals surface area contributed by atoms with Gasteiger partial charge in [-0.05, 0) is 65.8 Å². The topological polar surface area (TPSA) is 48.0 Å². The van der Waals surface area contributed by atoms with Crippen LogP contribution >= 0.6 is 11.6 Å². The third-order valence-corrected chi connectivity index (χ3v) is 6.52.